The second kappa shape index (κ2) is 6.86. The van der Waals surface area contributed by atoms with Crippen molar-refractivity contribution in [3.8, 4) is 0 Å². The van der Waals surface area contributed by atoms with E-state index in [1.165, 1.54) is 0 Å². The Kier molecular flexibility index (Phi) is 4.58. The van der Waals surface area contributed by atoms with Crippen LogP contribution in [0.4, 0.5) is 0 Å². The van der Waals surface area contributed by atoms with Gasteiger partial charge in [-0.2, -0.15) is 0 Å². The third kappa shape index (κ3) is 4.55. The Morgan fingerprint density at radius 3 is 2.11 bits per heavy atom. The largest absolute Gasteiger partial charge is 0.409 e. The topological polar surface area (TPSA) is 64.7 Å². The third-order valence-electron chi connectivity index (χ3n) is 2.36. The second-order valence-corrected chi connectivity index (χ2v) is 3.84. The van der Waals surface area contributed by atoms with Gasteiger partial charge in [-0.25, -0.2) is 4.99 Å². The first-order valence-corrected chi connectivity index (χ1v) is 5.91. The predicted octanol–water partition coefficient (Wildman–Crippen LogP) is 0.535. The van der Waals surface area contributed by atoms with Crippen molar-refractivity contribution in [3.63, 3.8) is 0 Å². The molecule has 0 saturated carbocycles. The van der Waals surface area contributed by atoms with Gasteiger partial charge in [-0.3, -0.25) is 5.73 Å². The van der Waals surface area contributed by atoms with Gasteiger partial charge < -0.3 is 0 Å². The highest BCUT2D eigenvalue weighted by Crippen LogP contribution is 1.93. The Morgan fingerprint density at radius 1 is 0.895 bits per heavy atom. The van der Waals surface area contributed by atoms with Crippen molar-refractivity contribution in [1.29, 1.82) is 0 Å². The van der Waals surface area contributed by atoms with Crippen molar-refractivity contribution < 1.29 is 4.99 Å². The summed E-state index contributed by atoms with van der Waals surface area (Å²) >= 11 is 0. The maximum atomic E-state index is 5.68. The summed E-state index contributed by atoms with van der Waals surface area (Å²) in [7, 11) is 0. The van der Waals surface area contributed by atoms with Crippen LogP contribution in [0.5, 0.6) is 0 Å². The van der Waals surface area contributed by atoms with Gasteiger partial charge in [-0.05, 0) is 5.56 Å². The summed E-state index contributed by atoms with van der Waals surface area (Å²) in [6, 6.07) is 19.5. The fraction of sp³-hybridized carbons (Fsp3) is 0. The van der Waals surface area contributed by atoms with E-state index in [9.17, 15) is 0 Å². The summed E-state index contributed by atoms with van der Waals surface area (Å²) in [4.78, 5) is 2.87. The van der Waals surface area contributed by atoms with Crippen LogP contribution in [-0.2, 0) is 0 Å². The first-order valence-electron chi connectivity index (χ1n) is 5.91. The van der Waals surface area contributed by atoms with E-state index in [1.807, 2.05) is 60.7 Å². The summed E-state index contributed by atoms with van der Waals surface area (Å²) < 4.78 is 0. The van der Waals surface area contributed by atoms with E-state index in [4.69, 9.17) is 5.73 Å². The quantitative estimate of drug-likeness (QED) is 0.466. The molecule has 0 amide bonds. The molecule has 4 nitrogen and oxygen atoms in total. The second-order valence-electron chi connectivity index (χ2n) is 3.84. The molecular formula is C15H15N4+. The maximum Gasteiger partial charge on any atom is 0.409 e. The van der Waals surface area contributed by atoms with Gasteiger partial charge in [0.1, 0.15) is 0 Å². The Labute approximate surface area is 112 Å². The van der Waals surface area contributed by atoms with Crippen molar-refractivity contribution in [2.75, 3.05) is 0 Å². The molecule has 0 saturated heterocycles. The highest BCUT2D eigenvalue weighted by molar-refractivity contribution is 5.82. The summed E-state index contributed by atoms with van der Waals surface area (Å²) in [5.41, 5.74) is 7.68. The summed E-state index contributed by atoms with van der Waals surface area (Å²) in [6.07, 6.45) is 3.42. The minimum atomic E-state index is 0.246. The van der Waals surface area contributed by atoms with Gasteiger partial charge in [0.05, 0.1) is 12.4 Å². The number of guanidine groups is 1. The zero-order valence-corrected chi connectivity index (χ0v) is 10.4. The van der Waals surface area contributed by atoms with Gasteiger partial charge in [0.15, 0.2) is 0 Å². The van der Waals surface area contributed by atoms with Crippen LogP contribution in [0.3, 0.4) is 0 Å². The third-order valence-corrected chi connectivity index (χ3v) is 2.36. The molecule has 0 aliphatic heterocycles. The van der Waals surface area contributed by atoms with E-state index in [0.717, 1.165) is 11.1 Å². The van der Waals surface area contributed by atoms with Gasteiger partial charge in [-0.1, -0.05) is 65.8 Å². The van der Waals surface area contributed by atoms with E-state index in [0.29, 0.717) is 0 Å². The fourth-order valence-electron chi connectivity index (χ4n) is 1.43. The fourth-order valence-corrected chi connectivity index (χ4v) is 1.43. The molecule has 0 aliphatic rings. The lowest BCUT2D eigenvalue weighted by Gasteiger charge is -1.88. The Balaban J connectivity index is 1.97. The molecule has 0 unspecified atom stereocenters. The number of hydrogen-bond donors (Lipinski definition) is 2. The van der Waals surface area contributed by atoms with E-state index in [1.54, 1.807) is 12.4 Å². The Morgan fingerprint density at radius 2 is 1.47 bits per heavy atom. The molecule has 94 valence electrons. The minimum absolute atomic E-state index is 0.246. The molecule has 19 heavy (non-hydrogen) atoms. The first-order chi connectivity index (χ1) is 9.34. The molecule has 4 heteroatoms. The van der Waals surface area contributed by atoms with E-state index < -0.39 is 0 Å². The monoisotopic (exact) mass is 251 g/mol. The zero-order chi connectivity index (χ0) is 13.3. The molecule has 3 N–H and O–H groups in total. The molecular weight excluding hydrogens is 236 g/mol. The van der Waals surface area contributed by atoms with Crippen molar-refractivity contribution in [2.45, 2.75) is 0 Å². The SMILES string of the molecule is NC(=N\N=C\c1ccccc1)/[NH+]=C/c1ccccc1. The molecule has 2 aromatic carbocycles. The predicted molar refractivity (Wildman–Crippen MR) is 78.2 cm³/mol. The Bertz CT molecular complexity index is 586. The molecule has 0 radical (unpaired) electrons. The number of nitrogens with two attached hydrogens (primary N) is 1. The van der Waals surface area contributed by atoms with Crippen LogP contribution in [-0.4, -0.2) is 18.4 Å². The van der Waals surface area contributed by atoms with E-state index in [2.05, 4.69) is 15.2 Å². The average Bonchev–Trinajstić information content (AvgIpc) is 2.47. The highest BCUT2D eigenvalue weighted by atomic mass is 15.3. The lowest BCUT2D eigenvalue weighted by atomic mass is 10.2. The lowest BCUT2D eigenvalue weighted by molar-refractivity contribution is -0.311. The highest BCUT2D eigenvalue weighted by Gasteiger charge is 1.93. The molecule has 0 atom stereocenters. The van der Waals surface area contributed by atoms with E-state index in [-0.39, 0.29) is 5.96 Å². The van der Waals surface area contributed by atoms with Crippen LogP contribution in [0.25, 0.3) is 0 Å². The molecule has 0 bridgehead atoms. The molecule has 0 aromatic heterocycles. The maximum absolute atomic E-state index is 5.68. The zero-order valence-electron chi connectivity index (χ0n) is 10.4. The van der Waals surface area contributed by atoms with Crippen molar-refractivity contribution in [1.82, 2.24) is 0 Å². The molecule has 2 aromatic rings. The van der Waals surface area contributed by atoms with Gasteiger partial charge in [0.25, 0.3) is 0 Å². The number of nitrogens with one attached hydrogen (secondary N) is 1. The smallest absolute Gasteiger partial charge is 0.286 e. The van der Waals surface area contributed by atoms with Crippen molar-refractivity contribution >= 4 is 18.4 Å². The van der Waals surface area contributed by atoms with Gasteiger partial charge in [-0.15, -0.1) is 0 Å². The first kappa shape index (κ1) is 12.7. The van der Waals surface area contributed by atoms with Crippen LogP contribution >= 0.6 is 0 Å². The van der Waals surface area contributed by atoms with Crippen LogP contribution in [0, 0.1) is 0 Å². The van der Waals surface area contributed by atoms with Crippen LogP contribution in [0.2, 0.25) is 0 Å². The van der Waals surface area contributed by atoms with Gasteiger partial charge in [0, 0.05) is 10.7 Å². The minimum Gasteiger partial charge on any atom is -0.286 e. The van der Waals surface area contributed by atoms with Crippen molar-refractivity contribution in [3.05, 3.63) is 71.8 Å². The molecule has 0 fully saturated rings. The van der Waals surface area contributed by atoms with Crippen LogP contribution in [0.15, 0.2) is 70.9 Å². The van der Waals surface area contributed by atoms with Gasteiger partial charge >= 0.3 is 5.96 Å². The number of hydrogen-bond acceptors (Lipinski definition) is 2. The number of rotatable bonds is 3. The van der Waals surface area contributed by atoms with Crippen molar-refractivity contribution in [2.24, 2.45) is 15.9 Å². The number of benzene rings is 2. The molecule has 0 spiro atoms. The molecule has 2 rings (SSSR count). The normalized spacial score (nSPS) is 12.3. The number of nitrogens with zero attached hydrogens (tertiary/aromatic N) is 2. The molecule has 0 aliphatic carbocycles. The van der Waals surface area contributed by atoms with Crippen LogP contribution < -0.4 is 10.7 Å². The summed E-state index contributed by atoms with van der Waals surface area (Å²) in [5.74, 6) is 0.246. The standard InChI is InChI=1S/C15H14N4/c16-15(17-11-13-7-3-1-4-8-13)19-18-12-14-9-5-2-6-10-14/h1-12H,(H2,16,19)/p+1/b17-11+,18-12+. The average molecular weight is 251 g/mol. The lowest BCUT2D eigenvalue weighted by Crippen LogP contribution is -2.77. The summed E-state index contributed by atoms with van der Waals surface area (Å²) in [5, 5.41) is 7.77. The Hall–Kier alpha value is -2.75. The van der Waals surface area contributed by atoms with Gasteiger partial charge in [0.2, 0.25) is 0 Å². The molecule has 0 heterocycles. The van der Waals surface area contributed by atoms with Crippen LogP contribution in [0.1, 0.15) is 11.1 Å². The summed E-state index contributed by atoms with van der Waals surface area (Å²) in [6.45, 7) is 0. The van der Waals surface area contributed by atoms with E-state index >= 15 is 0 Å².